The average molecular weight is 227 g/mol. The van der Waals surface area contributed by atoms with E-state index in [9.17, 15) is 4.79 Å². The molecule has 90 valence electrons. The van der Waals surface area contributed by atoms with Gasteiger partial charge >= 0.3 is 0 Å². The number of carbonyl (C=O) groups excluding carboxylic acids is 1. The molecule has 0 unspecified atom stereocenters. The Morgan fingerprint density at radius 3 is 2.62 bits per heavy atom. The number of amidine groups is 1. The zero-order valence-electron chi connectivity index (χ0n) is 9.27. The van der Waals surface area contributed by atoms with Gasteiger partial charge in [0.15, 0.2) is 5.84 Å². The number of amides is 1. The summed E-state index contributed by atoms with van der Waals surface area (Å²) in [6, 6.07) is 0.168. The van der Waals surface area contributed by atoms with Crippen LogP contribution in [0.2, 0.25) is 0 Å². The molecule has 0 spiro atoms. The normalized spacial score (nSPS) is 31.7. The zero-order valence-corrected chi connectivity index (χ0v) is 9.27. The fourth-order valence-electron chi connectivity index (χ4n) is 2.02. The molecule has 0 saturated heterocycles. The van der Waals surface area contributed by atoms with Crippen LogP contribution in [0.4, 0.5) is 0 Å². The maximum absolute atomic E-state index is 11.9. The molecule has 2 fully saturated rings. The summed E-state index contributed by atoms with van der Waals surface area (Å²) in [4.78, 5) is 11.9. The van der Waals surface area contributed by atoms with Gasteiger partial charge in [-0.2, -0.15) is 0 Å². The minimum atomic E-state index is -0.743. The quantitative estimate of drug-likeness (QED) is 0.268. The summed E-state index contributed by atoms with van der Waals surface area (Å²) in [5, 5.41) is 14.5. The SMILES string of the molecule is COC1CC(NC(=O)C2(C(N)=NO)CC2)C1. The highest BCUT2D eigenvalue weighted by atomic mass is 16.5. The monoisotopic (exact) mass is 227 g/mol. The van der Waals surface area contributed by atoms with Crippen molar-refractivity contribution in [3.63, 3.8) is 0 Å². The molecule has 4 N–H and O–H groups in total. The van der Waals surface area contributed by atoms with Gasteiger partial charge in [0, 0.05) is 13.2 Å². The number of rotatable bonds is 4. The number of nitrogens with two attached hydrogens (primary N) is 1. The molecule has 16 heavy (non-hydrogen) atoms. The average Bonchev–Trinajstić information content (AvgIpc) is 3.02. The Kier molecular flexibility index (Phi) is 2.75. The van der Waals surface area contributed by atoms with Gasteiger partial charge < -0.3 is 21.0 Å². The number of oxime groups is 1. The topological polar surface area (TPSA) is 96.9 Å². The van der Waals surface area contributed by atoms with Crippen molar-refractivity contribution in [2.45, 2.75) is 37.8 Å². The molecule has 0 atom stereocenters. The van der Waals surface area contributed by atoms with Crippen LogP contribution < -0.4 is 11.1 Å². The van der Waals surface area contributed by atoms with E-state index in [4.69, 9.17) is 15.7 Å². The highest BCUT2D eigenvalue weighted by Gasteiger charge is 2.55. The number of methoxy groups -OCH3 is 1. The molecule has 2 aliphatic carbocycles. The van der Waals surface area contributed by atoms with Gasteiger partial charge in [0.25, 0.3) is 0 Å². The number of ether oxygens (including phenoxy) is 1. The van der Waals surface area contributed by atoms with E-state index >= 15 is 0 Å². The van der Waals surface area contributed by atoms with Gasteiger partial charge in [0.2, 0.25) is 5.91 Å². The van der Waals surface area contributed by atoms with Gasteiger partial charge in [-0.15, -0.1) is 0 Å². The van der Waals surface area contributed by atoms with Crippen LogP contribution in [0.15, 0.2) is 5.16 Å². The first-order valence-corrected chi connectivity index (χ1v) is 5.44. The van der Waals surface area contributed by atoms with Gasteiger partial charge in [0.05, 0.1) is 6.10 Å². The van der Waals surface area contributed by atoms with Crippen LogP contribution >= 0.6 is 0 Å². The molecule has 0 radical (unpaired) electrons. The van der Waals surface area contributed by atoms with Crippen molar-refractivity contribution < 1.29 is 14.7 Å². The number of hydrogen-bond donors (Lipinski definition) is 3. The first kappa shape index (κ1) is 11.2. The predicted molar refractivity (Wildman–Crippen MR) is 57.0 cm³/mol. The van der Waals surface area contributed by atoms with Gasteiger partial charge in [-0.1, -0.05) is 5.16 Å². The summed E-state index contributed by atoms with van der Waals surface area (Å²) in [5.74, 6) is -0.102. The fourth-order valence-corrected chi connectivity index (χ4v) is 2.02. The smallest absolute Gasteiger partial charge is 0.234 e. The van der Waals surface area contributed by atoms with Crippen molar-refractivity contribution in [2.75, 3.05) is 7.11 Å². The lowest BCUT2D eigenvalue weighted by Gasteiger charge is -2.35. The standard InChI is InChI=1S/C10H17N3O3/c1-16-7-4-6(5-7)12-9(14)10(2-3-10)8(11)13-15/h6-7,15H,2-5H2,1H3,(H2,11,13)(H,12,14). The molecule has 0 aromatic heterocycles. The molecule has 0 aromatic carbocycles. The second kappa shape index (κ2) is 3.93. The van der Waals surface area contributed by atoms with Crippen LogP contribution in [-0.4, -0.2) is 36.2 Å². The first-order valence-electron chi connectivity index (χ1n) is 5.44. The molecule has 0 bridgehead atoms. The lowest BCUT2D eigenvalue weighted by atomic mass is 9.88. The Bertz CT molecular complexity index is 319. The second-order valence-electron chi connectivity index (χ2n) is 4.57. The lowest BCUT2D eigenvalue weighted by molar-refractivity contribution is -0.126. The van der Waals surface area contributed by atoms with Crippen LogP contribution in [-0.2, 0) is 9.53 Å². The van der Waals surface area contributed by atoms with Crippen molar-refractivity contribution in [3.8, 4) is 0 Å². The van der Waals surface area contributed by atoms with E-state index in [-0.39, 0.29) is 23.9 Å². The van der Waals surface area contributed by atoms with Crippen molar-refractivity contribution in [1.29, 1.82) is 0 Å². The van der Waals surface area contributed by atoms with Crippen molar-refractivity contribution in [2.24, 2.45) is 16.3 Å². The van der Waals surface area contributed by atoms with Crippen molar-refractivity contribution >= 4 is 11.7 Å². The Hall–Kier alpha value is -1.30. The van der Waals surface area contributed by atoms with Gasteiger partial charge in [-0.3, -0.25) is 4.79 Å². The Labute approximate surface area is 93.8 Å². The third-order valence-electron chi connectivity index (χ3n) is 3.55. The number of nitrogens with zero attached hydrogens (tertiary/aromatic N) is 1. The Balaban J connectivity index is 1.85. The molecule has 6 nitrogen and oxygen atoms in total. The van der Waals surface area contributed by atoms with Gasteiger partial charge in [0.1, 0.15) is 5.41 Å². The Morgan fingerprint density at radius 2 is 2.19 bits per heavy atom. The molecule has 2 aliphatic rings. The molecule has 6 heteroatoms. The molecule has 2 saturated carbocycles. The molecule has 0 aliphatic heterocycles. The summed E-state index contributed by atoms with van der Waals surface area (Å²) < 4.78 is 5.13. The second-order valence-corrected chi connectivity index (χ2v) is 4.57. The van der Waals surface area contributed by atoms with Crippen LogP contribution in [0.3, 0.4) is 0 Å². The summed E-state index contributed by atoms with van der Waals surface area (Å²) in [6.45, 7) is 0. The van der Waals surface area contributed by atoms with E-state index in [1.807, 2.05) is 0 Å². The summed E-state index contributed by atoms with van der Waals surface area (Å²) in [5.41, 5.74) is 4.77. The van der Waals surface area contributed by atoms with E-state index in [0.29, 0.717) is 12.8 Å². The number of hydrogen-bond acceptors (Lipinski definition) is 4. The maximum Gasteiger partial charge on any atom is 0.234 e. The van der Waals surface area contributed by atoms with Crippen LogP contribution in [0, 0.1) is 5.41 Å². The van der Waals surface area contributed by atoms with Gasteiger partial charge in [-0.25, -0.2) is 0 Å². The molecule has 0 aromatic rings. The van der Waals surface area contributed by atoms with Gasteiger partial charge in [-0.05, 0) is 25.7 Å². The van der Waals surface area contributed by atoms with Crippen molar-refractivity contribution in [3.05, 3.63) is 0 Å². The summed E-state index contributed by atoms with van der Waals surface area (Å²) >= 11 is 0. The number of carbonyl (C=O) groups is 1. The molecule has 1 amide bonds. The van der Waals surface area contributed by atoms with E-state index < -0.39 is 5.41 Å². The number of nitrogens with one attached hydrogen (secondary N) is 1. The summed E-state index contributed by atoms with van der Waals surface area (Å²) in [6.07, 6.45) is 3.26. The molecule has 0 heterocycles. The first-order chi connectivity index (χ1) is 7.62. The van der Waals surface area contributed by atoms with Crippen LogP contribution in [0.5, 0.6) is 0 Å². The van der Waals surface area contributed by atoms with E-state index in [1.165, 1.54) is 0 Å². The zero-order chi connectivity index (χ0) is 11.8. The molecular weight excluding hydrogens is 210 g/mol. The van der Waals surface area contributed by atoms with Crippen LogP contribution in [0.1, 0.15) is 25.7 Å². The predicted octanol–water partition coefficient (Wildman–Crippen LogP) is -0.193. The lowest BCUT2D eigenvalue weighted by Crippen LogP contribution is -2.51. The van der Waals surface area contributed by atoms with E-state index in [0.717, 1.165) is 12.8 Å². The largest absolute Gasteiger partial charge is 0.409 e. The highest BCUT2D eigenvalue weighted by Crippen LogP contribution is 2.46. The maximum atomic E-state index is 11.9. The molecular formula is C10H17N3O3. The molecule has 2 rings (SSSR count). The van der Waals surface area contributed by atoms with E-state index in [1.54, 1.807) is 7.11 Å². The summed E-state index contributed by atoms with van der Waals surface area (Å²) in [7, 11) is 1.67. The fraction of sp³-hybridized carbons (Fsp3) is 0.800. The van der Waals surface area contributed by atoms with Crippen LogP contribution in [0.25, 0.3) is 0 Å². The Morgan fingerprint density at radius 1 is 1.56 bits per heavy atom. The third kappa shape index (κ3) is 1.73. The van der Waals surface area contributed by atoms with E-state index in [2.05, 4.69) is 10.5 Å². The minimum Gasteiger partial charge on any atom is -0.409 e. The van der Waals surface area contributed by atoms with Crippen molar-refractivity contribution in [1.82, 2.24) is 5.32 Å². The highest BCUT2D eigenvalue weighted by molar-refractivity contribution is 6.09. The minimum absolute atomic E-state index is 0.0209. The third-order valence-corrected chi connectivity index (χ3v) is 3.55.